The average Bonchev–Trinajstić information content (AvgIpc) is 2.51. The number of benzene rings is 2. The maximum absolute atomic E-state index is 2.36. The molecule has 0 N–H and O–H groups in total. The zero-order valence-corrected chi connectivity index (χ0v) is 16.9. The number of hydrogen-bond donors (Lipinski definition) is 0. The van der Waals surface area contributed by atoms with Gasteiger partial charge in [0.15, 0.2) is 0 Å². The van der Waals surface area contributed by atoms with Crippen LogP contribution in [0.5, 0.6) is 0 Å². The lowest BCUT2D eigenvalue weighted by atomic mass is 9.86. The minimum absolute atomic E-state index is 0. The summed E-state index contributed by atoms with van der Waals surface area (Å²) in [5.41, 5.74) is 14.1. The smallest absolute Gasteiger partial charge is 0.0146 e. The number of aryl methyl sites for hydroxylation is 2. The van der Waals surface area contributed by atoms with E-state index in [1.807, 2.05) is 0 Å². The largest absolute Gasteiger partial charge is 0.0776 e. The molecule has 2 aromatic carbocycles. The molecule has 0 nitrogen and oxygen atoms in total. The summed E-state index contributed by atoms with van der Waals surface area (Å²) in [7, 11) is 0. The first-order valence-corrected chi connectivity index (χ1v) is 8.82. The van der Waals surface area contributed by atoms with Gasteiger partial charge in [0.1, 0.15) is 0 Å². The van der Waals surface area contributed by atoms with Crippen LogP contribution in [0.4, 0.5) is 0 Å². The highest BCUT2D eigenvalue weighted by atomic mass is 14.2. The van der Waals surface area contributed by atoms with Gasteiger partial charge in [0, 0.05) is 0 Å². The summed E-state index contributed by atoms with van der Waals surface area (Å²) < 4.78 is 0. The van der Waals surface area contributed by atoms with Crippen LogP contribution in [0.3, 0.4) is 0 Å². The average molecular weight is 327 g/mol. The van der Waals surface area contributed by atoms with E-state index in [0.29, 0.717) is 0 Å². The molecule has 2 rings (SSSR count). The Morgan fingerprint density at radius 3 is 1.00 bits per heavy atom. The van der Waals surface area contributed by atoms with Crippen molar-refractivity contribution in [1.29, 1.82) is 0 Å². The first-order chi connectivity index (χ1) is 10.7. The lowest BCUT2D eigenvalue weighted by Gasteiger charge is -2.19. The van der Waals surface area contributed by atoms with Crippen LogP contribution in [0.2, 0.25) is 0 Å². The number of hydrogen-bond acceptors (Lipinski definition) is 0. The van der Waals surface area contributed by atoms with Gasteiger partial charge >= 0.3 is 0 Å². The van der Waals surface area contributed by atoms with E-state index >= 15 is 0 Å². The molecule has 0 bridgehead atoms. The Morgan fingerprint density at radius 1 is 0.500 bits per heavy atom. The van der Waals surface area contributed by atoms with Crippen LogP contribution in [-0.2, 0) is 0 Å². The Morgan fingerprint density at radius 2 is 0.750 bits per heavy atom. The van der Waals surface area contributed by atoms with E-state index in [0.717, 1.165) is 0 Å². The molecule has 134 valence electrons. The van der Waals surface area contributed by atoms with E-state index in [1.165, 1.54) is 62.1 Å². The molecule has 0 atom stereocenters. The maximum atomic E-state index is 2.36. The summed E-state index contributed by atoms with van der Waals surface area (Å²) >= 11 is 0. The fourth-order valence-corrected chi connectivity index (χ4v) is 2.98. The summed E-state index contributed by atoms with van der Waals surface area (Å²) in [6, 6.07) is 4.71. The van der Waals surface area contributed by atoms with Crippen LogP contribution in [-0.4, -0.2) is 0 Å². The van der Waals surface area contributed by atoms with Gasteiger partial charge in [-0.3, -0.25) is 0 Å². The second kappa shape index (κ2) is 9.06. The fourth-order valence-electron chi connectivity index (χ4n) is 2.98. The van der Waals surface area contributed by atoms with Crippen molar-refractivity contribution in [2.24, 2.45) is 0 Å². The van der Waals surface area contributed by atoms with Gasteiger partial charge in [-0.25, -0.2) is 0 Å². The van der Waals surface area contributed by atoms with Crippen molar-refractivity contribution in [1.82, 2.24) is 0 Å². The van der Waals surface area contributed by atoms with Gasteiger partial charge in [-0.2, -0.15) is 0 Å². The predicted octanol–water partition coefficient (Wildman–Crippen LogP) is 7.87. The molecular weight excluding hydrogens is 288 g/mol. The molecule has 0 unspecified atom stereocenters. The monoisotopic (exact) mass is 326 g/mol. The Bertz CT molecular complexity index is 641. The molecule has 0 spiro atoms. The summed E-state index contributed by atoms with van der Waals surface area (Å²) in [5, 5.41) is 0. The van der Waals surface area contributed by atoms with Crippen molar-refractivity contribution in [2.75, 3.05) is 0 Å². The SMILES string of the molecule is C.CCC.Cc1cc(-c2cc(C)c(C)c(C)c2C)c(C)c(C)c1C. The quantitative estimate of drug-likeness (QED) is 0.500. The second-order valence-electron chi connectivity index (χ2n) is 6.94. The topological polar surface area (TPSA) is 0 Å². The van der Waals surface area contributed by atoms with E-state index in [4.69, 9.17) is 0 Å². The van der Waals surface area contributed by atoms with Gasteiger partial charge in [-0.05, 0) is 111 Å². The van der Waals surface area contributed by atoms with Crippen LogP contribution >= 0.6 is 0 Å². The highest BCUT2D eigenvalue weighted by molar-refractivity contribution is 5.75. The molecule has 0 heteroatoms. The molecule has 0 fully saturated rings. The van der Waals surface area contributed by atoms with Crippen molar-refractivity contribution >= 4 is 0 Å². The van der Waals surface area contributed by atoms with Gasteiger partial charge < -0.3 is 0 Å². The molecule has 0 aliphatic heterocycles. The molecule has 0 saturated carbocycles. The third kappa shape index (κ3) is 4.29. The predicted molar refractivity (Wildman–Crippen MR) is 112 cm³/mol. The number of rotatable bonds is 1. The molecule has 2 aromatic rings. The molecule has 24 heavy (non-hydrogen) atoms. The summed E-state index contributed by atoms with van der Waals surface area (Å²) in [6.45, 7) is 22.1. The Kier molecular flexibility index (Phi) is 8.47. The van der Waals surface area contributed by atoms with Gasteiger partial charge in [0.05, 0.1) is 0 Å². The first-order valence-electron chi connectivity index (χ1n) is 8.82. The molecular formula is C24H38. The van der Waals surface area contributed by atoms with E-state index in [2.05, 4.69) is 81.4 Å². The molecule has 0 heterocycles. The van der Waals surface area contributed by atoms with E-state index < -0.39 is 0 Å². The van der Waals surface area contributed by atoms with E-state index in [1.54, 1.807) is 0 Å². The van der Waals surface area contributed by atoms with Crippen molar-refractivity contribution in [3.63, 3.8) is 0 Å². The van der Waals surface area contributed by atoms with Crippen LogP contribution in [0, 0.1) is 55.4 Å². The van der Waals surface area contributed by atoms with E-state index in [-0.39, 0.29) is 7.43 Å². The highest BCUT2D eigenvalue weighted by Gasteiger charge is 2.13. The van der Waals surface area contributed by atoms with E-state index in [9.17, 15) is 0 Å². The Hall–Kier alpha value is -1.56. The van der Waals surface area contributed by atoms with Gasteiger partial charge in [0.2, 0.25) is 0 Å². The third-order valence-electron chi connectivity index (χ3n) is 5.25. The Balaban J connectivity index is 0.00000123. The summed E-state index contributed by atoms with van der Waals surface area (Å²) in [5.74, 6) is 0. The van der Waals surface area contributed by atoms with Gasteiger partial charge in [-0.1, -0.05) is 39.8 Å². The van der Waals surface area contributed by atoms with Crippen molar-refractivity contribution in [3.05, 3.63) is 56.6 Å². The van der Waals surface area contributed by atoms with Crippen LogP contribution in [0.1, 0.15) is 72.2 Å². The maximum Gasteiger partial charge on any atom is -0.0146 e. The van der Waals surface area contributed by atoms with Crippen molar-refractivity contribution in [3.8, 4) is 11.1 Å². The van der Waals surface area contributed by atoms with Crippen LogP contribution < -0.4 is 0 Å². The lowest BCUT2D eigenvalue weighted by Crippen LogP contribution is -1.99. The summed E-state index contributed by atoms with van der Waals surface area (Å²) in [6.07, 6.45) is 1.25. The zero-order valence-electron chi connectivity index (χ0n) is 16.9. The molecule has 0 saturated heterocycles. The van der Waals surface area contributed by atoms with Crippen LogP contribution in [0.15, 0.2) is 12.1 Å². The van der Waals surface area contributed by atoms with Crippen LogP contribution in [0.25, 0.3) is 11.1 Å². The second-order valence-corrected chi connectivity index (χ2v) is 6.94. The van der Waals surface area contributed by atoms with Crippen molar-refractivity contribution < 1.29 is 0 Å². The summed E-state index contributed by atoms with van der Waals surface area (Å²) in [4.78, 5) is 0. The normalized spacial score (nSPS) is 9.92. The third-order valence-corrected chi connectivity index (χ3v) is 5.25. The van der Waals surface area contributed by atoms with Gasteiger partial charge in [0.25, 0.3) is 0 Å². The Labute approximate surface area is 151 Å². The molecule has 0 aliphatic rings. The van der Waals surface area contributed by atoms with Gasteiger partial charge in [-0.15, -0.1) is 0 Å². The van der Waals surface area contributed by atoms with Crippen molar-refractivity contribution in [2.45, 2.75) is 83.1 Å². The molecule has 0 aliphatic carbocycles. The molecule has 0 amide bonds. The first kappa shape index (κ1) is 22.4. The fraction of sp³-hybridized carbons (Fsp3) is 0.500. The lowest BCUT2D eigenvalue weighted by molar-refractivity contribution is 1.09. The minimum Gasteiger partial charge on any atom is -0.0776 e. The zero-order chi connectivity index (χ0) is 17.9. The highest BCUT2D eigenvalue weighted by Crippen LogP contribution is 2.34. The minimum atomic E-state index is 0. The standard InChI is InChI=1S/C20H26.C3H8.CH4/c1-11-9-19(17(7)15(5)13(11)3)20-10-12(2)14(4)16(6)18(20)8;1-3-2;/h9-10H,1-8H3;3H2,1-2H3;1H4. The molecule has 0 aromatic heterocycles. The molecule has 0 radical (unpaired) electrons.